The van der Waals surface area contributed by atoms with E-state index in [4.69, 9.17) is 15.3 Å². The summed E-state index contributed by atoms with van der Waals surface area (Å²) < 4.78 is 15.4. The Bertz CT molecular complexity index is 1150. The summed E-state index contributed by atoms with van der Waals surface area (Å²) in [6.45, 7) is 9.29. The fourth-order valence-electron chi connectivity index (χ4n) is 4.29. The van der Waals surface area contributed by atoms with Gasteiger partial charge in [-0.3, -0.25) is 20.9 Å². The van der Waals surface area contributed by atoms with E-state index in [1.807, 2.05) is 33.9 Å². The molecule has 32 heavy (non-hydrogen) atoms. The molecule has 2 aliphatic heterocycles. The van der Waals surface area contributed by atoms with E-state index in [1.165, 1.54) is 4.57 Å². The molecule has 2 aliphatic rings. The molecule has 2 aromatic heterocycles. The number of aromatic nitrogens is 2. The Hall–Kier alpha value is -2.98. The average molecular weight is 445 g/mol. The lowest BCUT2D eigenvalue weighted by Gasteiger charge is -2.35. The lowest BCUT2D eigenvalue weighted by Crippen LogP contribution is -2.45. The minimum Gasteiger partial charge on any atom is -0.486 e. The van der Waals surface area contributed by atoms with E-state index in [0.717, 1.165) is 11.1 Å². The van der Waals surface area contributed by atoms with E-state index in [2.05, 4.69) is 16.1 Å². The summed E-state index contributed by atoms with van der Waals surface area (Å²) in [4.78, 5) is 25.7. The second kappa shape index (κ2) is 8.18. The van der Waals surface area contributed by atoms with E-state index < -0.39 is 0 Å². The standard InChI is InChI=1S/C22H32N6O4/c1-12-9-28(21(30)16-18(12)32-22(3,4)11-24-16)7-6-15-13(2)31-19-14(8-25-23)10-27(5)20(29)17(19)26-15/h9-10,13,15,24-26H,6-8,11,23H2,1-5H3. The molecule has 0 amide bonds. The molecule has 0 saturated carbocycles. The number of hydrogen-bond acceptors (Lipinski definition) is 8. The average Bonchev–Trinajstić information content (AvgIpc) is 2.73. The number of rotatable bonds is 5. The van der Waals surface area contributed by atoms with Gasteiger partial charge in [0, 0.05) is 43.7 Å². The molecule has 10 nitrogen and oxygen atoms in total. The van der Waals surface area contributed by atoms with Gasteiger partial charge in [0.2, 0.25) is 0 Å². The van der Waals surface area contributed by atoms with E-state index in [0.29, 0.717) is 48.9 Å². The molecule has 0 radical (unpaired) electrons. The quantitative estimate of drug-likeness (QED) is 0.399. The van der Waals surface area contributed by atoms with Crippen LogP contribution in [-0.4, -0.2) is 33.4 Å². The van der Waals surface area contributed by atoms with E-state index >= 15 is 0 Å². The van der Waals surface area contributed by atoms with Crippen molar-refractivity contribution in [2.45, 2.75) is 65.0 Å². The van der Waals surface area contributed by atoms with Crippen LogP contribution in [-0.2, 0) is 20.1 Å². The van der Waals surface area contributed by atoms with Gasteiger partial charge in [0.1, 0.15) is 23.1 Å². The van der Waals surface area contributed by atoms with Gasteiger partial charge >= 0.3 is 0 Å². The molecule has 2 unspecified atom stereocenters. The summed E-state index contributed by atoms with van der Waals surface area (Å²) in [5.74, 6) is 6.63. The smallest absolute Gasteiger partial charge is 0.277 e. The minimum absolute atomic E-state index is 0.113. The third-order valence-corrected chi connectivity index (χ3v) is 6.05. The zero-order valence-electron chi connectivity index (χ0n) is 19.2. The Morgan fingerprint density at radius 3 is 2.69 bits per heavy atom. The Balaban J connectivity index is 1.57. The summed E-state index contributed by atoms with van der Waals surface area (Å²) >= 11 is 0. The molecule has 0 aromatic carbocycles. The second-order valence-corrected chi connectivity index (χ2v) is 9.25. The number of ether oxygens (including phenoxy) is 2. The Kier molecular flexibility index (Phi) is 5.68. The number of nitrogens with zero attached hydrogens (tertiary/aromatic N) is 2. The van der Waals surface area contributed by atoms with Crippen molar-refractivity contribution in [3.05, 3.63) is 44.2 Å². The van der Waals surface area contributed by atoms with E-state index in [-0.39, 0.29) is 28.9 Å². The van der Waals surface area contributed by atoms with Crippen LogP contribution in [0.3, 0.4) is 0 Å². The molecular weight excluding hydrogens is 412 g/mol. The van der Waals surface area contributed by atoms with Gasteiger partial charge in [-0.1, -0.05) is 0 Å². The molecule has 4 heterocycles. The van der Waals surface area contributed by atoms with E-state index in [1.54, 1.807) is 17.8 Å². The van der Waals surface area contributed by atoms with Gasteiger partial charge in [-0.2, -0.15) is 0 Å². The van der Waals surface area contributed by atoms with Gasteiger partial charge in [0.25, 0.3) is 11.1 Å². The predicted molar refractivity (Wildman–Crippen MR) is 123 cm³/mol. The van der Waals surface area contributed by atoms with Crippen LogP contribution in [0.25, 0.3) is 0 Å². The molecule has 2 aromatic rings. The number of anilines is 2. The maximum Gasteiger partial charge on any atom is 0.277 e. The molecular formula is C22H32N6O4. The largest absolute Gasteiger partial charge is 0.486 e. The number of fused-ring (bicyclic) bond motifs is 2. The summed E-state index contributed by atoms with van der Waals surface area (Å²) in [5, 5.41) is 6.58. The summed E-state index contributed by atoms with van der Waals surface area (Å²) in [6, 6.07) is -0.136. The van der Waals surface area contributed by atoms with Crippen molar-refractivity contribution in [1.82, 2.24) is 14.6 Å². The van der Waals surface area contributed by atoms with E-state index in [9.17, 15) is 9.59 Å². The fraction of sp³-hybridized carbons (Fsp3) is 0.545. The number of nitrogens with one attached hydrogen (secondary N) is 3. The van der Waals surface area contributed by atoms with Crippen molar-refractivity contribution in [2.24, 2.45) is 12.9 Å². The molecule has 0 spiro atoms. The maximum atomic E-state index is 13.0. The van der Waals surface area contributed by atoms with Crippen molar-refractivity contribution in [1.29, 1.82) is 0 Å². The molecule has 174 valence electrons. The van der Waals surface area contributed by atoms with Crippen LogP contribution in [0, 0.1) is 6.92 Å². The molecule has 0 aliphatic carbocycles. The zero-order chi connectivity index (χ0) is 23.2. The van der Waals surface area contributed by atoms with Gasteiger partial charge < -0.3 is 29.2 Å². The number of hydrazine groups is 1. The Labute approximate surface area is 186 Å². The van der Waals surface area contributed by atoms with Crippen LogP contribution in [0.15, 0.2) is 22.0 Å². The number of pyridine rings is 2. The normalized spacial score (nSPS) is 20.8. The van der Waals surface area contributed by atoms with Crippen molar-refractivity contribution < 1.29 is 9.47 Å². The van der Waals surface area contributed by atoms with Crippen molar-refractivity contribution in [3.63, 3.8) is 0 Å². The van der Waals surface area contributed by atoms with Crippen molar-refractivity contribution in [2.75, 3.05) is 17.2 Å². The SMILES string of the molecule is Cc1cn(CCC2Nc3c(c(CNN)cn(C)c3=O)OC2C)c(=O)c2c1OC(C)(C)CN2. The molecule has 2 atom stereocenters. The highest BCUT2D eigenvalue weighted by molar-refractivity contribution is 5.61. The monoisotopic (exact) mass is 444 g/mol. The van der Waals surface area contributed by atoms with Crippen LogP contribution < -0.4 is 42.5 Å². The lowest BCUT2D eigenvalue weighted by atomic mass is 10.0. The first-order valence-electron chi connectivity index (χ1n) is 10.9. The van der Waals surface area contributed by atoms with Crippen LogP contribution in [0.4, 0.5) is 11.4 Å². The van der Waals surface area contributed by atoms with Gasteiger partial charge in [-0.25, -0.2) is 0 Å². The zero-order valence-corrected chi connectivity index (χ0v) is 19.2. The highest BCUT2D eigenvalue weighted by Gasteiger charge is 2.32. The fourth-order valence-corrected chi connectivity index (χ4v) is 4.29. The first-order valence-corrected chi connectivity index (χ1v) is 10.9. The third-order valence-electron chi connectivity index (χ3n) is 6.05. The number of aryl methyl sites for hydroxylation is 3. The maximum absolute atomic E-state index is 13.0. The first kappa shape index (κ1) is 22.2. The topological polar surface area (TPSA) is 125 Å². The summed E-state index contributed by atoms with van der Waals surface area (Å²) in [6.07, 6.45) is 3.97. The van der Waals surface area contributed by atoms with Crippen LogP contribution in [0.5, 0.6) is 11.5 Å². The minimum atomic E-state index is -0.368. The second-order valence-electron chi connectivity index (χ2n) is 9.25. The first-order chi connectivity index (χ1) is 15.1. The van der Waals surface area contributed by atoms with Crippen molar-refractivity contribution >= 4 is 11.4 Å². The highest BCUT2D eigenvalue weighted by atomic mass is 16.5. The molecule has 5 N–H and O–H groups in total. The van der Waals surface area contributed by atoms with Crippen LogP contribution in [0.1, 0.15) is 38.3 Å². The summed E-state index contributed by atoms with van der Waals surface area (Å²) in [7, 11) is 1.70. The molecule has 0 fully saturated rings. The Morgan fingerprint density at radius 2 is 1.97 bits per heavy atom. The lowest BCUT2D eigenvalue weighted by molar-refractivity contribution is 0.114. The molecule has 10 heteroatoms. The molecule has 0 saturated heterocycles. The highest BCUT2D eigenvalue weighted by Crippen LogP contribution is 2.34. The van der Waals surface area contributed by atoms with Gasteiger partial charge in [-0.05, 0) is 34.1 Å². The summed E-state index contributed by atoms with van der Waals surface area (Å²) in [5.41, 5.74) is 4.61. The van der Waals surface area contributed by atoms with Gasteiger partial charge in [0.15, 0.2) is 11.5 Å². The Morgan fingerprint density at radius 1 is 1.22 bits per heavy atom. The number of hydrogen-bond donors (Lipinski definition) is 4. The van der Waals surface area contributed by atoms with Crippen LogP contribution in [0.2, 0.25) is 0 Å². The predicted octanol–water partition coefficient (Wildman–Crippen LogP) is 1.05. The van der Waals surface area contributed by atoms with Gasteiger partial charge in [-0.15, -0.1) is 0 Å². The van der Waals surface area contributed by atoms with Crippen molar-refractivity contribution in [3.8, 4) is 11.5 Å². The van der Waals surface area contributed by atoms with Gasteiger partial charge in [0.05, 0.1) is 12.6 Å². The molecule has 0 bridgehead atoms. The third kappa shape index (κ3) is 3.95. The van der Waals surface area contributed by atoms with Crippen LogP contribution >= 0.6 is 0 Å². The molecule has 4 rings (SSSR count). The number of nitrogens with two attached hydrogens (primary N) is 1.